The number of aromatic nitrogens is 1. The average molecular weight is 471 g/mol. The van der Waals surface area contributed by atoms with Crippen molar-refractivity contribution < 1.29 is 5.11 Å². The van der Waals surface area contributed by atoms with Gasteiger partial charge in [0.2, 0.25) is 5.13 Å². The zero-order valence-corrected chi connectivity index (χ0v) is 14.8. The van der Waals surface area contributed by atoms with E-state index in [1.165, 1.54) is 11.3 Å². The second-order valence-corrected chi connectivity index (χ2v) is 6.72. The number of hydrogen-bond donors (Lipinski definition) is 3. The van der Waals surface area contributed by atoms with E-state index in [0.717, 1.165) is 4.47 Å². The molecule has 1 heterocycles. The first kappa shape index (κ1) is 14.8. The molecule has 0 fully saturated rings. The highest BCUT2D eigenvalue weighted by molar-refractivity contribution is 9.11. The maximum Gasteiger partial charge on any atom is 0.205 e. The summed E-state index contributed by atoms with van der Waals surface area (Å²) in [6, 6.07) is 1.74. The predicted octanol–water partition coefficient (Wildman–Crippen LogP) is 4.16. The smallest absolute Gasteiger partial charge is 0.205 e. The van der Waals surface area contributed by atoms with Crippen LogP contribution in [0.5, 0.6) is 5.75 Å². The third-order valence-electron chi connectivity index (χ3n) is 2.06. The third-order valence-corrected chi connectivity index (χ3v) is 4.89. The maximum absolute atomic E-state index is 9.81. The first-order valence-electron chi connectivity index (χ1n) is 4.85. The van der Waals surface area contributed by atoms with E-state index in [0.29, 0.717) is 25.5 Å². The number of phenols is 1. The summed E-state index contributed by atoms with van der Waals surface area (Å²) < 4.78 is 1.91. The minimum Gasteiger partial charge on any atom is -0.506 e. The normalized spacial score (nSPS) is 11.1. The Kier molecular flexibility index (Phi) is 4.82. The minimum atomic E-state index is 0.114. The standard InChI is InChI=1S/C10H7Br3N4OS/c11-5-1-6(12)9(18)8(13)4(5)2-15-17-10-16-7(14)3-19-10/h1-3,18H,14H2,(H,16,17). The van der Waals surface area contributed by atoms with Crippen molar-refractivity contribution in [1.82, 2.24) is 4.98 Å². The molecule has 0 unspecified atom stereocenters. The summed E-state index contributed by atoms with van der Waals surface area (Å²) in [7, 11) is 0. The first-order valence-corrected chi connectivity index (χ1v) is 8.11. The van der Waals surface area contributed by atoms with Crippen molar-refractivity contribution in [1.29, 1.82) is 0 Å². The van der Waals surface area contributed by atoms with E-state index in [1.54, 1.807) is 17.7 Å². The molecule has 5 nitrogen and oxygen atoms in total. The van der Waals surface area contributed by atoms with Crippen molar-refractivity contribution in [3.63, 3.8) is 0 Å². The van der Waals surface area contributed by atoms with E-state index in [9.17, 15) is 5.11 Å². The van der Waals surface area contributed by atoms with Crippen LogP contribution in [-0.4, -0.2) is 16.3 Å². The number of nitrogens with two attached hydrogens (primary N) is 1. The summed E-state index contributed by atoms with van der Waals surface area (Å²) in [5.74, 6) is 0.564. The molecule has 9 heteroatoms. The molecule has 1 aromatic heterocycles. The molecule has 4 N–H and O–H groups in total. The van der Waals surface area contributed by atoms with Gasteiger partial charge in [0.15, 0.2) is 0 Å². The predicted molar refractivity (Wildman–Crippen MR) is 88.9 cm³/mol. The van der Waals surface area contributed by atoms with Crippen LogP contribution < -0.4 is 11.2 Å². The number of nitrogens with zero attached hydrogens (tertiary/aromatic N) is 2. The number of hydrogen-bond acceptors (Lipinski definition) is 6. The quantitative estimate of drug-likeness (QED) is 0.464. The molecule has 1 aromatic carbocycles. The highest BCUT2D eigenvalue weighted by Crippen LogP contribution is 2.38. The van der Waals surface area contributed by atoms with Crippen LogP contribution in [0.25, 0.3) is 0 Å². The first-order chi connectivity index (χ1) is 8.99. The molecule has 0 radical (unpaired) electrons. The summed E-state index contributed by atoms with van der Waals surface area (Å²) in [6.07, 6.45) is 1.57. The fraction of sp³-hybridized carbons (Fsp3) is 0. The molecule has 0 aliphatic carbocycles. The van der Waals surface area contributed by atoms with Crippen molar-refractivity contribution in [3.05, 3.63) is 30.4 Å². The lowest BCUT2D eigenvalue weighted by atomic mass is 10.2. The molecule has 0 spiro atoms. The van der Waals surface area contributed by atoms with Crippen molar-refractivity contribution in [2.24, 2.45) is 5.10 Å². The number of halogens is 3. The minimum absolute atomic E-state index is 0.114. The van der Waals surface area contributed by atoms with E-state index >= 15 is 0 Å². The molecule has 0 aliphatic heterocycles. The Morgan fingerprint density at radius 1 is 1.37 bits per heavy atom. The van der Waals surface area contributed by atoms with Gasteiger partial charge in [-0.05, 0) is 37.9 Å². The molecule has 0 saturated carbocycles. The largest absolute Gasteiger partial charge is 0.506 e. The van der Waals surface area contributed by atoms with Gasteiger partial charge in [-0.15, -0.1) is 11.3 Å². The van der Waals surface area contributed by atoms with Gasteiger partial charge in [-0.25, -0.2) is 4.98 Å². The van der Waals surface area contributed by atoms with Gasteiger partial charge >= 0.3 is 0 Å². The monoisotopic (exact) mass is 468 g/mol. The Bertz CT molecular complexity index is 644. The van der Waals surface area contributed by atoms with Gasteiger partial charge in [-0.1, -0.05) is 15.9 Å². The summed E-state index contributed by atoms with van der Waals surface area (Å²) in [5.41, 5.74) is 8.97. The van der Waals surface area contributed by atoms with E-state index in [4.69, 9.17) is 5.73 Å². The SMILES string of the molecule is Nc1csc(NN=Cc2c(Br)cc(Br)c(O)c2Br)n1. The van der Waals surface area contributed by atoms with Crippen molar-refractivity contribution in [2.45, 2.75) is 0 Å². The number of nitrogens with one attached hydrogen (secondary N) is 1. The lowest BCUT2D eigenvalue weighted by molar-refractivity contribution is 0.468. The van der Waals surface area contributed by atoms with E-state index in [2.05, 4.69) is 63.3 Å². The average Bonchev–Trinajstić information content (AvgIpc) is 2.77. The highest BCUT2D eigenvalue weighted by atomic mass is 79.9. The number of benzene rings is 1. The molecular formula is C10H7Br3N4OS. The van der Waals surface area contributed by atoms with Crippen molar-refractivity contribution >= 4 is 76.3 Å². The zero-order valence-electron chi connectivity index (χ0n) is 9.19. The number of rotatable bonds is 3. The van der Waals surface area contributed by atoms with Gasteiger partial charge in [0.25, 0.3) is 0 Å². The zero-order chi connectivity index (χ0) is 14.0. The van der Waals surface area contributed by atoms with Gasteiger partial charge in [-0.3, -0.25) is 5.43 Å². The Balaban J connectivity index is 2.21. The number of hydrazone groups is 1. The number of anilines is 2. The summed E-state index contributed by atoms with van der Waals surface area (Å²) in [4.78, 5) is 4.01. The van der Waals surface area contributed by atoms with Crippen LogP contribution in [0, 0.1) is 0 Å². The fourth-order valence-electron chi connectivity index (χ4n) is 1.20. The number of thiazole rings is 1. The van der Waals surface area contributed by atoms with Crippen molar-refractivity contribution in [2.75, 3.05) is 11.2 Å². The topological polar surface area (TPSA) is 83.5 Å². The van der Waals surface area contributed by atoms with Gasteiger partial charge in [-0.2, -0.15) is 5.10 Å². The Labute approximate surface area is 138 Å². The molecule has 0 atom stereocenters. The van der Waals surface area contributed by atoms with Crippen LogP contribution in [0.4, 0.5) is 10.9 Å². The van der Waals surface area contributed by atoms with Crippen LogP contribution in [0.1, 0.15) is 5.56 Å². The maximum atomic E-state index is 9.81. The molecule has 19 heavy (non-hydrogen) atoms. The van der Waals surface area contributed by atoms with E-state index in [1.807, 2.05) is 0 Å². The summed E-state index contributed by atoms with van der Waals surface area (Å²) in [5, 5.41) is 16.2. The molecule has 100 valence electrons. The second kappa shape index (κ2) is 6.21. The summed E-state index contributed by atoms with van der Waals surface area (Å²) >= 11 is 11.3. The van der Waals surface area contributed by atoms with E-state index in [-0.39, 0.29) is 5.75 Å². The molecule has 2 aromatic rings. The second-order valence-electron chi connectivity index (χ2n) is 3.36. The van der Waals surface area contributed by atoms with Crippen LogP contribution in [0.15, 0.2) is 30.0 Å². The molecule has 0 amide bonds. The van der Waals surface area contributed by atoms with Crippen LogP contribution in [-0.2, 0) is 0 Å². The van der Waals surface area contributed by atoms with Gasteiger partial charge in [0.05, 0.1) is 15.2 Å². The van der Waals surface area contributed by atoms with Crippen molar-refractivity contribution in [3.8, 4) is 5.75 Å². The van der Waals surface area contributed by atoms with Gasteiger partial charge in [0, 0.05) is 15.4 Å². The molecule has 2 rings (SSSR count). The Hall–Kier alpha value is -0.640. The number of nitrogen functional groups attached to an aromatic ring is 1. The van der Waals surface area contributed by atoms with Crippen LogP contribution >= 0.6 is 59.1 Å². The molecule has 0 saturated heterocycles. The number of aromatic hydroxyl groups is 1. The molecular weight excluding hydrogens is 464 g/mol. The van der Waals surface area contributed by atoms with Crippen LogP contribution in [0.2, 0.25) is 0 Å². The molecule has 0 bridgehead atoms. The van der Waals surface area contributed by atoms with Gasteiger partial charge < -0.3 is 10.8 Å². The highest BCUT2D eigenvalue weighted by Gasteiger charge is 2.11. The van der Waals surface area contributed by atoms with Crippen LogP contribution in [0.3, 0.4) is 0 Å². The third kappa shape index (κ3) is 3.47. The Morgan fingerprint density at radius 3 is 2.74 bits per heavy atom. The molecule has 0 aliphatic rings. The lowest BCUT2D eigenvalue weighted by Gasteiger charge is -2.06. The lowest BCUT2D eigenvalue weighted by Crippen LogP contribution is -1.93. The Morgan fingerprint density at radius 2 is 2.11 bits per heavy atom. The fourth-order valence-corrected chi connectivity index (χ4v) is 4.08. The number of phenolic OH excluding ortho intramolecular Hbond substituents is 1. The van der Waals surface area contributed by atoms with Gasteiger partial charge in [0.1, 0.15) is 11.6 Å². The van der Waals surface area contributed by atoms with E-state index < -0.39 is 0 Å². The summed E-state index contributed by atoms with van der Waals surface area (Å²) in [6.45, 7) is 0.